The molecule has 3 aromatic rings. The fraction of sp³-hybridized carbons (Fsp3) is 0.294. The lowest BCUT2D eigenvalue weighted by molar-refractivity contribution is 0.0715. The molecule has 6 rings (SSSR count). The van der Waals surface area contributed by atoms with Crippen molar-refractivity contribution in [1.82, 2.24) is 19.9 Å². The Hall–Kier alpha value is -3.00. The van der Waals surface area contributed by atoms with Crippen LogP contribution in [0, 0.1) is 5.92 Å². The Morgan fingerprint density at radius 1 is 1.36 bits per heavy atom. The Morgan fingerprint density at radius 2 is 2.32 bits per heavy atom. The van der Waals surface area contributed by atoms with Gasteiger partial charge in [0.25, 0.3) is 5.91 Å². The van der Waals surface area contributed by atoms with Crippen molar-refractivity contribution in [2.75, 3.05) is 11.9 Å². The second-order valence-corrected chi connectivity index (χ2v) is 6.31. The van der Waals surface area contributed by atoms with Gasteiger partial charge in [-0.15, -0.1) is 0 Å². The van der Waals surface area contributed by atoms with Gasteiger partial charge in [-0.3, -0.25) is 14.5 Å². The van der Waals surface area contributed by atoms with Gasteiger partial charge in [0, 0.05) is 24.4 Å². The van der Waals surface area contributed by atoms with Gasteiger partial charge in [-0.05, 0) is 18.6 Å². The summed E-state index contributed by atoms with van der Waals surface area (Å²) in [5.41, 5.74) is 1.45. The zero-order chi connectivity index (χ0) is 16.8. The number of anilines is 1. The van der Waals surface area contributed by atoms with Crippen molar-refractivity contribution in [2.24, 2.45) is 5.92 Å². The first-order chi connectivity index (χ1) is 12.3. The van der Waals surface area contributed by atoms with Gasteiger partial charge in [-0.25, -0.2) is 0 Å². The van der Waals surface area contributed by atoms with E-state index in [9.17, 15) is 4.79 Å². The summed E-state index contributed by atoms with van der Waals surface area (Å²) in [6.45, 7) is 0.798. The van der Waals surface area contributed by atoms with Gasteiger partial charge in [-0.2, -0.15) is 5.10 Å². The number of hydrogen-bond acceptors (Lipinski definition) is 6. The topological polar surface area (TPSA) is 95.1 Å². The maximum atomic E-state index is 12.3. The Balaban J connectivity index is 1.29. The van der Waals surface area contributed by atoms with Crippen LogP contribution in [0.2, 0.25) is 0 Å². The number of pyridine rings is 1. The standard InChI is InChI=1S/C17H15N5O3/c23-17(13-6-14(25-21-13)12-3-1-2-4-18-12)20-11-7-19-22(8-11)16-10-5-15(16)24-9-10/h1-4,6-8,10,15-16H,5,9H2,(H,20,23). The van der Waals surface area contributed by atoms with E-state index in [4.69, 9.17) is 9.26 Å². The van der Waals surface area contributed by atoms with Crippen LogP contribution in [0.3, 0.4) is 0 Å². The van der Waals surface area contributed by atoms with Crippen LogP contribution in [0.25, 0.3) is 11.5 Å². The molecule has 3 atom stereocenters. The minimum atomic E-state index is -0.349. The van der Waals surface area contributed by atoms with E-state index in [2.05, 4.69) is 20.6 Å². The molecule has 8 heteroatoms. The van der Waals surface area contributed by atoms with Crippen molar-refractivity contribution in [3.8, 4) is 11.5 Å². The van der Waals surface area contributed by atoms with Gasteiger partial charge in [0.2, 0.25) is 0 Å². The number of aromatic nitrogens is 4. The van der Waals surface area contributed by atoms with Crippen LogP contribution < -0.4 is 5.32 Å². The third-order valence-corrected chi connectivity index (χ3v) is 4.75. The highest BCUT2D eigenvalue weighted by atomic mass is 16.5. The number of carbonyl (C=O) groups excluding carboxylic acids is 1. The highest BCUT2D eigenvalue weighted by molar-refractivity contribution is 6.03. The molecule has 1 amide bonds. The first-order valence-corrected chi connectivity index (χ1v) is 8.13. The molecule has 1 N–H and O–H groups in total. The van der Waals surface area contributed by atoms with Gasteiger partial charge < -0.3 is 14.6 Å². The van der Waals surface area contributed by atoms with Crippen LogP contribution in [0.4, 0.5) is 5.69 Å². The third-order valence-electron chi connectivity index (χ3n) is 4.75. The fourth-order valence-electron chi connectivity index (χ4n) is 3.42. The summed E-state index contributed by atoms with van der Waals surface area (Å²) in [6, 6.07) is 7.30. The van der Waals surface area contributed by atoms with Gasteiger partial charge in [0.1, 0.15) is 5.69 Å². The van der Waals surface area contributed by atoms with Gasteiger partial charge >= 0.3 is 0 Å². The van der Waals surface area contributed by atoms with Crippen molar-refractivity contribution in [1.29, 1.82) is 0 Å². The summed E-state index contributed by atoms with van der Waals surface area (Å²) in [4.78, 5) is 16.5. The summed E-state index contributed by atoms with van der Waals surface area (Å²) in [7, 11) is 0. The van der Waals surface area contributed by atoms with Crippen molar-refractivity contribution < 1.29 is 14.1 Å². The Kier molecular flexibility index (Phi) is 3.17. The van der Waals surface area contributed by atoms with E-state index in [1.165, 1.54) is 0 Å². The zero-order valence-electron chi connectivity index (χ0n) is 13.2. The van der Waals surface area contributed by atoms with Crippen LogP contribution in [0.15, 0.2) is 47.4 Å². The number of fused-ring (bicyclic) bond motifs is 1. The average Bonchev–Trinajstić information content (AvgIpc) is 3.39. The number of hydrogen-bond donors (Lipinski definition) is 1. The summed E-state index contributed by atoms with van der Waals surface area (Å²) < 4.78 is 12.7. The molecule has 1 aliphatic carbocycles. The smallest absolute Gasteiger partial charge is 0.277 e. The largest absolute Gasteiger partial charge is 0.376 e. The van der Waals surface area contributed by atoms with Gasteiger partial charge in [0.15, 0.2) is 11.5 Å². The predicted molar refractivity (Wildman–Crippen MR) is 86.8 cm³/mol. The molecule has 3 fully saturated rings. The molecule has 25 heavy (non-hydrogen) atoms. The molecular formula is C17H15N5O3. The van der Waals surface area contributed by atoms with E-state index in [1.807, 2.05) is 23.0 Å². The molecule has 0 radical (unpaired) electrons. The second-order valence-electron chi connectivity index (χ2n) is 6.31. The lowest BCUT2D eigenvalue weighted by Crippen LogP contribution is -2.36. The van der Waals surface area contributed by atoms with Crippen molar-refractivity contribution in [3.05, 3.63) is 48.5 Å². The maximum absolute atomic E-state index is 12.3. The number of nitrogens with zero attached hydrogens (tertiary/aromatic N) is 4. The molecule has 8 nitrogen and oxygen atoms in total. The van der Waals surface area contributed by atoms with Gasteiger partial charge in [-0.1, -0.05) is 11.2 Å². The Labute approximate surface area is 142 Å². The molecule has 2 bridgehead atoms. The molecule has 3 aliphatic rings. The Morgan fingerprint density at radius 3 is 3.08 bits per heavy atom. The van der Waals surface area contributed by atoms with E-state index in [0.717, 1.165) is 13.0 Å². The van der Waals surface area contributed by atoms with E-state index in [1.54, 1.807) is 24.5 Å². The Bertz CT molecular complexity index is 905. The van der Waals surface area contributed by atoms with Crippen LogP contribution in [0.5, 0.6) is 0 Å². The number of carbonyl (C=O) groups is 1. The second kappa shape index (κ2) is 5.52. The summed E-state index contributed by atoms with van der Waals surface area (Å²) in [6.07, 6.45) is 6.47. The van der Waals surface area contributed by atoms with Crippen LogP contribution in [-0.4, -0.2) is 38.5 Å². The highest BCUT2D eigenvalue weighted by Gasteiger charge is 2.49. The predicted octanol–water partition coefficient (Wildman–Crippen LogP) is 2.15. The summed E-state index contributed by atoms with van der Waals surface area (Å²) >= 11 is 0. The van der Waals surface area contributed by atoms with Crippen LogP contribution >= 0.6 is 0 Å². The first kappa shape index (κ1) is 14.4. The van der Waals surface area contributed by atoms with Crippen LogP contribution in [-0.2, 0) is 4.74 Å². The number of ether oxygens (including phenoxy) is 1. The molecule has 1 saturated carbocycles. The molecule has 3 unspecified atom stereocenters. The van der Waals surface area contributed by atoms with Crippen LogP contribution in [0.1, 0.15) is 23.0 Å². The normalized spacial score (nSPS) is 24.1. The molecule has 0 aromatic carbocycles. The molecule has 5 heterocycles. The van der Waals surface area contributed by atoms with Crippen molar-refractivity contribution >= 4 is 11.6 Å². The van der Waals surface area contributed by atoms with E-state index in [-0.39, 0.29) is 23.7 Å². The number of nitrogens with one attached hydrogen (secondary N) is 1. The molecule has 0 spiro atoms. The minimum Gasteiger partial charge on any atom is -0.376 e. The fourth-order valence-corrected chi connectivity index (χ4v) is 3.42. The van der Waals surface area contributed by atoms with Gasteiger partial charge in [0.05, 0.1) is 30.6 Å². The molecule has 2 aliphatic heterocycles. The average molecular weight is 337 g/mol. The summed E-state index contributed by atoms with van der Waals surface area (Å²) in [5, 5.41) is 11.0. The van der Waals surface area contributed by atoms with E-state index >= 15 is 0 Å². The third kappa shape index (κ3) is 2.42. The highest BCUT2D eigenvalue weighted by Crippen LogP contribution is 2.47. The summed E-state index contributed by atoms with van der Waals surface area (Å²) in [5.74, 6) is 0.632. The minimum absolute atomic E-state index is 0.195. The molecule has 2 saturated heterocycles. The molecular weight excluding hydrogens is 322 g/mol. The maximum Gasteiger partial charge on any atom is 0.277 e. The van der Waals surface area contributed by atoms with E-state index in [0.29, 0.717) is 23.1 Å². The SMILES string of the molecule is O=C(Nc1cnn(C2C3COC2C3)c1)c1cc(-c2ccccn2)on1. The lowest BCUT2D eigenvalue weighted by Gasteiger charge is -2.32. The monoisotopic (exact) mass is 337 g/mol. The van der Waals surface area contributed by atoms with Crippen molar-refractivity contribution in [3.63, 3.8) is 0 Å². The zero-order valence-corrected chi connectivity index (χ0v) is 13.2. The number of amides is 1. The van der Waals surface area contributed by atoms with E-state index < -0.39 is 0 Å². The molecule has 126 valence electrons. The van der Waals surface area contributed by atoms with Crippen molar-refractivity contribution in [2.45, 2.75) is 18.6 Å². The lowest BCUT2D eigenvalue weighted by atomic mass is 9.81. The molecule has 3 aromatic heterocycles. The quantitative estimate of drug-likeness (QED) is 0.784. The first-order valence-electron chi connectivity index (χ1n) is 8.13. The number of rotatable bonds is 4.